The number of fused-ring (bicyclic) bond motifs is 8. The highest BCUT2D eigenvalue weighted by Crippen LogP contribution is 2.43. The van der Waals surface area contributed by atoms with Gasteiger partial charge in [-0.3, -0.25) is 0 Å². The molecule has 0 amide bonds. The molecule has 9 aromatic carbocycles. The Morgan fingerprint density at radius 2 is 0.625 bits per heavy atom. The Bertz CT molecular complexity index is 3530. The monoisotopic (exact) mass is 826 g/mol. The third-order valence-electron chi connectivity index (χ3n) is 11.9. The van der Waals surface area contributed by atoms with Crippen LogP contribution in [0.5, 0.6) is 0 Å². The van der Waals surface area contributed by atoms with Crippen molar-refractivity contribution in [1.29, 1.82) is 0 Å². The molecule has 0 N–H and O–H groups in total. The van der Waals surface area contributed by atoms with Gasteiger partial charge in [0.1, 0.15) is 33.4 Å². The number of hydrogen-bond donors (Lipinski definition) is 0. The van der Waals surface area contributed by atoms with Crippen molar-refractivity contribution in [2.45, 2.75) is 0 Å². The number of oxazole rings is 2. The van der Waals surface area contributed by atoms with E-state index in [0.29, 0.717) is 11.8 Å². The molecule has 0 aliphatic carbocycles. The highest BCUT2D eigenvalue weighted by molar-refractivity contribution is 6.15. The highest BCUT2D eigenvalue weighted by Gasteiger charge is 2.20. The van der Waals surface area contributed by atoms with Crippen LogP contribution in [0.25, 0.3) is 89.0 Å². The van der Waals surface area contributed by atoms with Crippen LogP contribution in [0.1, 0.15) is 0 Å². The molecule has 0 unspecified atom stereocenters. The van der Waals surface area contributed by atoms with Gasteiger partial charge in [-0.2, -0.15) is 0 Å². The van der Waals surface area contributed by atoms with Crippen molar-refractivity contribution in [2.24, 2.45) is 0 Å². The maximum Gasteiger partial charge on any atom is 0.227 e. The van der Waals surface area contributed by atoms with Gasteiger partial charge in [-0.25, -0.2) is 9.97 Å². The number of aromatic nitrogens is 2. The van der Waals surface area contributed by atoms with Crippen LogP contribution in [0, 0.1) is 0 Å². The number of rotatable bonds is 8. The summed E-state index contributed by atoms with van der Waals surface area (Å²) in [4.78, 5) is 13.9. The number of nitrogens with zero attached hydrogens (tertiary/aromatic N) is 4. The van der Waals surface area contributed by atoms with E-state index < -0.39 is 0 Å². The number of para-hydroxylation sites is 6. The summed E-state index contributed by atoms with van der Waals surface area (Å²) in [5, 5.41) is 4.01. The molecular formula is C56H34N4O4. The molecule has 0 aliphatic rings. The minimum Gasteiger partial charge on any atom is -0.456 e. The molecule has 64 heavy (non-hydrogen) atoms. The number of anilines is 6. The van der Waals surface area contributed by atoms with Crippen molar-refractivity contribution < 1.29 is 17.7 Å². The van der Waals surface area contributed by atoms with Crippen LogP contribution in [0.3, 0.4) is 0 Å². The second-order valence-electron chi connectivity index (χ2n) is 15.8. The molecule has 8 heteroatoms. The summed E-state index contributed by atoms with van der Waals surface area (Å²) >= 11 is 0. The van der Waals surface area contributed by atoms with Crippen LogP contribution in [-0.2, 0) is 0 Å². The zero-order valence-electron chi connectivity index (χ0n) is 34.1. The van der Waals surface area contributed by atoms with Gasteiger partial charge in [-0.15, -0.1) is 0 Å². The second-order valence-corrected chi connectivity index (χ2v) is 15.8. The topological polar surface area (TPSA) is 84.8 Å². The van der Waals surface area contributed by atoms with Crippen LogP contribution in [0.4, 0.5) is 34.1 Å². The molecule has 13 rings (SSSR count). The van der Waals surface area contributed by atoms with Gasteiger partial charge in [-0.1, -0.05) is 60.7 Å². The minimum absolute atomic E-state index is 0.593. The van der Waals surface area contributed by atoms with Gasteiger partial charge in [-0.05, 0) is 133 Å². The van der Waals surface area contributed by atoms with Crippen LogP contribution >= 0.6 is 0 Å². The molecule has 0 aliphatic heterocycles. The summed E-state index contributed by atoms with van der Waals surface area (Å²) in [7, 11) is 0. The van der Waals surface area contributed by atoms with Crippen LogP contribution in [0.2, 0.25) is 0 Å². The molecule has 0 saturated carbocycles. The van der Waals surface area contributed by atoms with E-state index in [1.807, 2.05) is 60.7 Å². The van der Waals surface area contributed by atoms with Crippen molar-refractivity contribution in [2.75, 3.05) is 9.80 Å². The summed E-state index contributed by atoms with van der Waals surface area (Å²) in [5.74, 6) is 1.19. The lowest BCUT2D eigenvalue weighted by atomic mass is 10.1. The van der Waals surface area contributed by atoms with E-state index in [2.05, 4.69) is 155 Å². The van der Waals surface area contributed by atoms with E-state index in [9.17, 15) is 0 Å². The first kappa shape index (κ1) is 35.8. The first-order valence-electron chi connectivity index (χ1n) is 21.1. The van der Waals surface area contributed by atoms with Gasteiger partial charge in [0.2, 0.25) is 11.8 Å². The third-order valence-corrected chi connectivity index (χ3v) is 11.9. The Balaban J connectivity index is 0.851. The Kier molecular flexibility index (Phi) is 8.04. The average Bonchev–Trinajstić information content (AvgIpc) is 4.14. The Morgan fingerprint density at radius 3 is 1.05 bits per heavy atom. The minimum atomic E-state index is 0.593. The lowest BCUT2D eigenvalue weighted by molar-refractivity contribution is 0.619. The number of benzene rings is 9. The molecular weight excluding hydrogens is 793 g/mol. The zero-order valence-corrected chi connectivity index (χ0v) is 34.1. The van der Waals surface area contributed by atoms with Gasteiger partial charge in [0.05, 0.1) is 0 Å². The van der Waals surface area contributed by atoms with Crippen molar-refractivity contribution in [3.8, 4) is 22.9 Å². The summed E-state index contributed by atoms with van der Waals surface area (Å²) in [6.45, 7) is 0. The fourth-order valence-electron chi connectivity index (χ4n) is 8.85. The molecule has 8 nitrogen and oxygen atoms in total. The quantitative estimate of drug-likeness (QED) is 0.150. The Labute approximate surface area is 365 Å². The van der Waals surface area contributed by atoms with Gasteiger partial charge in [0.25, 0.3) is 0 Å². The normalized spacial score (nSPS) is 11.8. The van der Waals surface area contributed by atoms with Crippen LogP contribution in [-0.4, -0.2) is 9.97 Å². The SMILES string of the molecule is c1ccc(N(c2ccc(-c3nc4ccccc4o3)cc2)c2ccc3c(c2)oc2cc4c(cc23)oc2cc(N(c3ccccc3)c3ccc(-c5nc6ccccc6o5)cc3)ccc24)cc1. The summed E-state index contributed by atoms with van der Waals surface area (Å²) in [5.41, 5.74) is 14.2. The lowest BCUT2D eigenvalue weighted by Crippen LogP contribution is -2.09. The lowest BCUT2D eigenvalue weighted by Gasteiger charge is -2.25. The molecule has 4 aromatic heterocycles. The molecule has 0 saturated heterocycles. The molecule has 0 fully saturated rings. The number of furan rings is 2. The van der Waals surface area contributed by atoms with E-state index in [0.717, 1.165) is 111 Å². The molecule has 0 bridgehead atoms. The fourth-order valence-corrected chi connectivity index (χ4v) is 8.85. The summed E-state index contributed by atoms with van der Waals surface area (Å²) in [6, 6.07) is 69.9. The van der Waals surface area contributed by atoms with Crippen molar-refractivity contribution >= 4 is 100 Å². The third kappa shape index (κ3) is 6.00. The van der Waals surface area contributed by atoms with Gasteiger partial charge in [0, 0.05) is 78.9 Å². The smallest absolute Gasteiger partial charge is 0.227 e. The first-order valence-corrected chi connectivity index (χ1v) is 21.1. The van der Waals surface area contributed by atoms with Crippen molar-refractivity contribution in [3.63, 3.8) is 0 Å². The second kappa shape index (κ2) is 14.4. The molecule has 0 radical (unpaired) electrons. The van der Waals surface area contributed by atoms with Gasteiger partial charge < -0.3 is 27.5 Å². The summed E-state index contributed by atoms with van der Waals surface area (Å²) < 4.78 is 25.5. The van der Waals surface area contributed by atoms with Crippen molar-refractivity contribution in [3.05, 3.63) is 206 Å². The van der Waals surface area contributed by atoms with Crippen LogP contribution < -0.4 is 9.80 Å². The van der Waals surface area contributed by atoms with E-state index in [-0.39, 0.29) is 0 Å². The summed E-state index contributed by atoms with van der Waals surface area (Å²) in [6.07, 6.45) is 0. The zero-order chi connectivity index (χ0) is 42.1. The van der Waals surface area contributed by atoms with Crippen LogP contribution in [0.15, 0.2) is 224 Å². The standard InChI is InChI=1S/C56H34N4O4/c1-3-11-37(12-4-1)59(39-23-19-35(20-24-39)55-57-47-15-7-9-17-49(47)63-55)41-27-29-43-45-33-54-46(34-53(45)61-51(43)31-41)44-30-28-42(32-52(44)62-54)60(38-13-5-2-6-14-38)40-25-21-36(22-26-40)56-58-48-16-8-10-18-50(48)64-56/h1-34H. The molecule has 302 valence electrons. The molecule has 0 spiro atoms. The average molecular weight is 827 g/mol. The maximum atomic E-state index is 6.68. The predicted octanol–water partition coefficient (Wildman–Crippen LogP) is 16.0. The van der Waals surface area contributed by atoms with E-state index in [1.54, 1.807) is 0 Å². The van der Waals surface area contributed by atoms with Crippen molar-refractivity contribution in [1.82, 2.24) is 9.97 Å². The number of hydrogen-bond acceptors (Lipinski definition) is 8. The Morgan fingerprint density at radius 1 is 0.266 bits per heavy atom. The maximum absolute atomic E-state index is 6.68. The van der Waals surface area contributed by atoms with Gasteiger partial charge >= 0.3 is 0 Å². The molecule has 0 atom stereocenters. The van der Waals surface area contributed by atoms with Gasteiger partial charge in [0.15, 0.2) is 11.2 Å². The predicted molar refractivity (Wildman–Crippen MR) is 256 cm³/mol. The van der Waals surface area contributed by atoms with E-state index in [4.69, 9.17) is 27.6 Å². The Hall–Kier alpha value is -8.88. The largest absolute Gasteiger partial charge is 0.456 e. The molecule has 4 heterocycles. The van der Waals surface area contributed by atoms with E-state index >= 15 is 0 Å². The first-order chi connectivity index (χ1) is 31.7. The fraction of sp³-hybridized carbons (Fsp3) is 0. The van der Waals surface area contributed by atoms with E-state index in [1.165, 1.54) is 0 Å². The highest BCUT2D eigenvalue weighted by atomic mass is 16.4. The molecule has 13 aromatic rings.